The van der Waals surface area contributed by atoms with Crippen molar-refractivity contribution in [2.45, 2.75) is 57.9 Å². The highest BCUT2D eigenvalue weighted by Crippen LogP contribution is 2.38. The van der Waals surface area contributed by atoms with E-state index in [1.165, 1.54) is 6.42 Å². The fourth-order valence-electron chi connectivity index (χ4n) is 2.73. The summed E-state index contributed by atoms with van der Waals surface area (Å²) in [5.41, 5.74) is 5.76. The van der Waals surface area contributed by atoms with Crippen molar-refractivity contribution in [3.8, 4) is 0 Å². The molecule has 0 aromatic carbocycles. The predicted octanol–water partition coefficient (Wildman–Crippen LogP) is 1.27. The van der Waals surface area contributed by atoms with Crippen LogP contribution in [0.3, 0.4) is 0 Å². The lowest BCUT2D eigenvalue weighted by Gasteiger charge is -2.35. The zero-order valence-corrected chi connectivity index (χ0v) is 11.1. The lowest BCUT2D eigenvalue weighted by Crippen LogP contribution is -2.41. The Bertz CT molecular complexity index is 299. The molecule has 0 aromatic rings. The molecule has 1 aliphatic carbocycles. The normalized spacial score (nSPS) is 20.1. The van der Waals surface area contributed by atoms with E-state index in [1.807, 2.05) is 0 Å². The number of carboxylic acids is 1. The highest BCUT2D eigenvalue weighted by atomic mass is 16.4. The molecule has 18 heavy (non-hydrogen) atoms. The molecule has 1 fully saturated rings. The molecule has 0 heterocycles. The fraction of sp³-hybridized carbons (Fsp3) is 0.846. The summed E-state index contributed by atoms with van der Waals surface area (Å²) in [6.45, 7) is 2.25. The van der Waals surface area contributed by atoms with E-state index in [1.54, 1.807) is 6.92 Å². The largest absolute Gasteiger partial charge is 0.481 e. The van der Waals surface area contributed by atoms with Crippen molar-refractivity contribution >= 4 is 11.9 Å². The third-order valence-electron chi connectivity index (χ3n) is 3.77. The van der Waals surface area contributed by atoms with E-state index in [2.05, 4.69) is 5.32 Å². The van der Waals surface area contributed by atoms with Crippen molar-refractivity contribution in [2.24, 2.45) is 11.1 Å². The van der Waals surface area contributed by atoms with Crippen LogP contribution in [0.5, 0.6) is 0 Å². The second kappa shape index (κ2) is 6.73. The van der Waals surface area contributed by atoms with Crippen LogP contribution >= 0.6 is 0 Å². The number of amides is 1. The van der Waals surface area contributed by atoms with Crippen LogP contribution in [-0.4, -0.2) is 29.6 Å². The van der Waals surface area contributed by atoms with E-state index < -0.39 is 5.97 Å². The first kappa shape index (κ1) is 15.0. The van der Waals surface area contributed by atoms with Crippen molar-refractivity contribution in [3.63, 3.8) is 0 Å². The Morgan fingerprint density at radius 2 is 1.94 bits per heavy atom. The minimum absolute atomic E-state index is 0.0403. The number of hydrogen-bond donors (Lipinski definition) is 3. The second-order valence-electron chi connectivity index (χ2n) is 5.51. The highest BCUT2D eigenvalue weighted by molar-refractivity contribution is 5.78. The first-order valence-corrected chi connectivity index (χ1v) is 6.69. The Morgan fingerprint density at radius 3 is 2.44 bits per heavy atom. The number of rotatable bonds is 6. The number of aliphatic carboxylic acids is 1. The Hall–Kier alpha value is -1.10. The van der Waals surface area contributed by atoms with E-state index in [9.17, 15) is 9.59 Å². The van der Waals surface area contributed by atoms with Crippen LogP contribution in [0.4, 0.5) is 0 Å². The van der Waals surface area contributed by atoms with Crippen LogP contribution in [0.15, 0.2) is 0 Å². The topological polar surface area (TPSA) is 92.4 Å². The molecule has 0 bridgehead atoms. The molecule has 5 nitrogen and oxygen atoms in total. The van der Waals surface area contributed by atoms with Crippen molar-refractivity contribution in [1.29, 1.82) is 0 Å². The quantitative estimate of drug-likeness (QED) is 0.667. The van der Waals surface area contributed by atoms with E-state index in [0.29, 0.717) is 13.0 Å². The number of hydrogen-bond acceptors (Lipinski definition) is 3. The Labute approximate surface area is 108 Å². The van der Waals surface area contributed by atoms with Gasteiger partial charge in [-0.1, -0.05) is 19.3 Å². The van der Waals surface area contributed by atoms with Gasteiger partial charge in [-0.05, 0) is 31.7 Å². The van der Waals surface area contributed by atoms with Gasteiger partial charge in [0, 0.05) is 12.5 Å². The molecule has 1 rings (SSSR count). The van der Waals surface area contributed by atoms with E-state index in [4.69, 9.17) is 10.8 Å². The first-order valence-electron chi connectivity index (χ1n) is 6.69. The molecule has 1 unspecified atom stereocenters. The number of carbonyl (C=O) groups is 2. The molecule has 0 aliphatic heterocycles. The van der Waals surface area contributed by atoms with Gasteiger partial charge in [-0.25, -0.2) is 0 Å². The number of nitrogens with one attached hydrogen (secondary N) is 1. The third-order valence-corrected chi connectivity index (χ3v) is 3.77. The smallest absolute Gasteiger partial charge is 0.305 e. The van der Waals surface area contributed by atoms with Crippen LogP contribution < -0.4 is 11.1 Å². The molecule has 0 spiro atoms. The summed E-state index contributed by atoms with van der Waals surface area (Å²) in [6, 6.07) is -0.326. The molecule has 1 amide bonds. The molecule has 0 radical (unpaired) electrons. The van der Waals surface area contributed by atoms with Crippen LogP contribution in [0.1, 0.15) is 51.9 Å². The van der Waals surface area contributed by atoms with Crippen molar-refractivity contribution in [1.82, 2.24) is 5.32 Å². The molecule has 104 valence electrons. The van der Waals surface area contributed by atoms with E-state index >= 15 is 0 Å². The average Bonchev–Trinajstić information content (AvgIpc) is 2.28. The summed E-state index contributed by atoms with van der Waals surface area (Å²) in [5, 5.41) is 11.4. The van der Waals surface area contributed by atoms with Crippen LogP contribution in [-0.2, 0) is 9.59 Å². The summed E-state index contributed by atoms with van der Waals surface area (Å²) in [5.74, 6) is -0.967. The number of carboxylic acid groups (broad SMARTS) is 1. The predicted molar refractivity (Wildman–Crippen MR) is 69.0 cm³/mol. The third kappa shape index (κ3) is 4.64. The molecule has 4 N–H and O–H groups in total. The first-order chi connectivity index (χ1) is 8.47. The highest BCUT2D eigenvalue weighted by Gasteiger charge is 2.33. The van der Waals surface area contributed by atoms with Gasteiger partial charge in [0.1, 0.15) is 0 Å². The molecular formula is C13H24N2O3. The van der Waals surface area contributed by atoms with Crippen molar-refractivity contribution in [3.05, 3.63) is 0 Å². The maximum atomic E-state index is 11.9. The zero-order valence-electron chi connectivity index (χ0n) is 11.1. The van der Waals surface area contributed by atoms with Gasteiger partial charge in [-0.3, -0.25) is 9.59 Å². The van der Waals surface area contributed by atoms with Gasteiger partial charge in [0.05, 0.1) is 6.42 Å². The monoisotopic (exact) mass is 256 g/mol. The summed E-state index contributed by atoms with van der Waals surface area (Å²) in [6.07, 6.45) is 5.88. The molecular weight excluding hydrogens is 232 g/mol. The maximum absolute atomic E-state index is 11.9. The molecule has 1 atom stereocenters. The summed E-state index contributed by atoms with van der Waals surface area (Å²) < 4.78 is 0. The van der Waals surface area contributed by atoms with Gasteiger partial charge in [0.2, 0.25) is 5.91 Å². The minimum atomic E-state index is -0.894. The van der Waals surface area contributed by atoms with Crippen LogP contribution in [0, 0.1) is 5.41 Å². The van der Waals surface area contributed by atoms with Gasteiger partial charge in [-0.2, -0.15) is 0 Å². The van der Waals surface area contributed by atoms with Crippen molar-refractivity contribution in [2.75, 3.05) is 6.54 Å². The van der Waals surface area contributed by atoms with Gasteiger partial charge in [0.15, 0.2) is 0 Å². The van der Waals surface area contributed by atoms with Gasteiger partial charge in [0.25, 0.3) is 0 Å². The van der Waals surface area contributed by atoms with Gasteiger partial charge >= 0.3 is 5.97 Å². The molecule has 0 saturated heterocycles. The Balaban J connectivity index is 2.44. The fourth-order valence-corrected chi connectivity index (χ4v) is 2.73. The number of nitrogens with two attached hydrogens (primary N) is 1. The van der Waals surface area contributed by atoms with E-state index in [-0.39, 0.29) is 23.8 Å². The average molecular weight is 256 g/mol. The molecule has 1 saturated carbocycles. The lowest BCUT2D eigenvalue weighted by atomic mass is 9.71. The van der Waals surface area contributed by atoms with Gasteiger partial charge < -0.3 is 16.2 Å². The summed E-state index contributed by atoms with van der Waals surface area (Å²) in [4.78, 5) is 22.4. The van der Waals surface area contributed by atoms with Crippen molar-refractivity contribution < 1.29 is 14.7 Å². The zero-order chi connectivity index (χ0) is 13.6. The SMILES string of the molecule is CC(CC(=O)O)NC(=O)CC1(CN)CCCCC1. The Morgan fingerprint density at radius 1 is 1.33 bits per heavy atom. The maximum Gasteiger partial charge on any atom is 0.305 e. The number of carbonyl (C=O) groups excluding carboxylic acids is 1. The molecule has 1 aliphatic rings. The second-order valence-corrected chi connectivity index (χ2v) is 5.51. The summed E-state index contributed by atoms with van der Waals surface area (Å²) in [7, 11) is 0. The van der Waals surface area contributed by atoms with Gasteiger partial charge in [-0.15, -0.1) is 0 Å². The van der Waals surface area contributed by atoms with E-state index in [0.717, 1.165) is 25.7 Å². The Kier molecular flexibility index (Phi) is 5.59. The van der Waals surface area contributed by atoms with Crippen LogP contribution in [0.2, 0.25) is 0 Å². The standard InChI is InChI=1S/C13H24N2O3/c1-10(7-12(17)18)15-11(16)8-13(9-14)5-3-2-4-6-13/h10H,2-9,14H2,1H3,(H,15,16)(H,17,18). The summed E-state index contributed by atoms with van der Waals surface area (Å²) >= 11 is 0. The molecule has 5 heteroatoms. The van der Waals surface area contributed by atoms with Crippen LogP contribution in [0.25, 0.3) is 0 Å². The molecule has 0 aromatic heterocycles. The minimum Gasteiger partial charge on any atom is -0.481 e. The lowest BCUT2D eigenvalue weighted by molar-refractivity contribution is -0.137.